The summed E-state index contributed by atoms with van der Waals surface area (Å²) >= 11 is 6.11. The van der Waals surface area contributed by atoms with E-state index in [4.69, 9.17) is 16.6 Å². The van der Waals surface area contributed by atoms with Gasteiger partial charge in [-0.05, 0) is 42.9 Å². The Hall–Kier alpha value is -4.06. The second kappa shape index (κ2) is 9.11. The molecule has 1 fully saturated rings. The number of H-pyrrole nitrogens is 1. The number of nitrogens with one attached hydrogen (secondary N) is 1. The van der Waals surface area contributed by atoms with Gasteiger partial charge in [-0.3, -0.25) is 9.67 Å². The zero-order valence-corrected chi connectivity index (χ0v) is 20.7. The molecule has 10 nitrogen and oxygen atoms in total. The van der Waals surface area contributed by atoms with E-state index in [0.29, 0.717) is 28.7 Å². The average Bonchev–Trinajstić information content (AvgIpc) is 3.33. The number of hydrogen-bond donors (Lipinski definition) is 1. The summed E-state index contributed by atoms with van der Waals surface area (Å²) in [5, 5.41) is 21.9. The third kappa shape index (κ3) is 4.26. The number of aromatic nitrogens is 10. The minimum atomic E-state index is -0.651. The second-order valence-electron chi connectivity index (χ2n) is 9.31. The fourth-order valence-electron chi connectivity index (χ4n) is 4.71. The molecule has 3 atom stereocenters. The van der Waals surface area contributed by atoms with Crippen LogP contribution in [0, 0.1) is 23.6 Å². The van der Waals surface area contributed by atoms with Crippen LogP contribution in [-0.2, 0) is 7.05 Å². The summed E-state index contributed by atoms with van der Waals surface area (Å²) < 4.78 is 34.1. The van der Waals surface area contributed by atoms with E-state index in [1.165, 1.54) is 21.8 Å². The monoisotopic (exact) mass is 523 g/mol. The van der Waals surface area contributed by atoms with Crippen LogP contribution in [0.1, 0.15) is 31.5 Å². The largest absolute Gasteiger partial charge is 0.293 e. The Balaban J connectivity index is 1.37. The summed E-state index contributed by atoms with van der Waals surface area (Å²) in [7, 11) is 1.63. The van der Waals surface area contributed by atoms with Gasteiger partial charge in [-0.25, -0.2) is 9.07 Å². The predicted octanol–water partition coefficient (Wildman–Crippen LogP) is 3.70. The van der Waals surface area contributed by atoms with Gasteiger partial charge in [-0.2, -0.15) is 9.49 Å². The molecule has 0 radical (unpaired) electrons. The van der Waals surface area contributed by atoms with Gasteiger partial charge in [-0.15, -0.1) is 4.68 Å². The first-order valence-electron chi connectivity index (χ1n) is 11.7. The van der Waals surface area contributed by atoms with Gasteiger partial charge in [0.25, 0.3) is 12.3 Å². The first-order valence-corrected chi connectivity index (χ1v) is 12.1. The van der Waals surface area contributed by atoms with E-state index in [2.05, 4.69) is 37.9 Å². The number of rotatable bonds is 7. The zero-order chi connectivity index (χ0) is 25.7. The van der Waals surface area contributed by atoms with Crippen LogP contribution in [0.2, 0.25) is 5.02 Å². The molecule has 1 N–H and O–H groups in total. The number of aromatic amines is 1. The number of aryl methyl sites for hydroxylation is 1. The quantitative estimate of drug-likeness (QED) is 0.326. The lowest BCUT2D eigenvalue weighted by atomic mass is 10.0. The highest BCUT2D eigenvalue weighted by Gasteiger charge is 2.36. The number of halogens is 3. The molecule has 0 bridgehead atoms. The molecule has 1 saturated carbocycles. The van der Waals surface area contributed by atoms with E-state index in [9.17, 15) is 4.39 Å². The molecule has 0 amide bonds. The lowest BCUT2D eigenvalue weighted by molar-refractivity contribution is -0.659. The first kappa shape index (κ1) is 23.3. The number of hydrogen-bond acceptors (Lipinski definition) is 6. The molecule has 5 aromatic rings. The summed E-state index contributed by atoms with van der Waals surface area (Å²) in [5.41, 5.74) is 2.92. The molecule has 0 aliphatic heterocycles. The highest BCUT2D eigenvalue weighted by atomic mass is 35.5. The SMILES string of the molecule is CC1CC1C[C@@H](c1ccc(-c2c(-[n+]3cnn[nH]3)ccc(Cl)c2F)cn1)n1cc(-c2c(F)nnn2C)cn1. The molecule has 0 saturated heterocycles. The lowest BCUT2D eigenvalue weighted by Crippen LogP contribution is -2.33. The van der Waals surface area contributed by atoms with Gasteiger partial charge in [0.2, 0.25) is 0 Å². The Bertz CT molecular complexity index is 1540. The van der Waals surface area contributed by atoms with Crippen molar-refractivity contribution in [1.29, 1.82) is 0 Å². The van der Waals surface area contributed by atoms with Crippen molar-refractivity contribution in [2.75, 3.05) is 0 Å². The van der Waals surface area contributed by atoms with Crippen molar-refractivity contribution in [1.82, 2.24) is 45.3 Å². The van der Waals surface area contributed by atoms with Crippen molar-refractivity contribution in [3.8, 4) is 28.1 Å². The van der Waals surface area contributed by atoms with Gasteiger partial charge in [0.15, 0.2) is 11.0 Å². The van der Waals surface area contributed by atoms with Gasteiger partial charge in [0.1, 0.15) is 16.5 Å². The maximum absolute atomic E-state index is 15.2. The van der Waals surface area contributed by atoms with Gasteiger partial charge < -0.3 is 0 Å². The number of nitrogens with zero attached hydrogens (tertiary/aromatic N) is 9. The molecule has 4 aromatic heterocycles. The van der Waals surface area contributed by atoms with Crippen LogP contribution < -0.4 is 4.68 Å². The molecule has 2 unspecified atom stereocenters. The van der Waals surface area contributed by atoms with Crippen LogP contribution in [0.5, 0.6) is 0 Å². The highest BCUT2D eigenvalue weighted by Crippen LogP contribution is 2.45. The minimum absolute atomic E-state index is 0.00236. The fraction of sp³-hybridized carbons (Fsp3) is 0.292. The summed E-state index contributed by atoms with van der Waals surface area (Å²) in [5.74, 6) is -0.0570. The molecule has 0 spiro atoms. The topological polar surface area (TPSA) is 107 Å². The van der Waals surface area contributed by atoms with Crippen LogP contribution >= 0.6 is 11.6 Å². The molecule has 1 aromatic carbocycles. The van der Waals surface area contributed by atoms with Crippen LogP contribution in [0.25, 0.3) is 28.1 Å². The third-order valence-corrected chi connectivity index (χ3v) is 7.20. The summed E-state index contributed by atoms with van der Waals surface area (Å²) in [6, 6.07) is 6.65. The van der Waals surface area contributed by atoms with Crippen LogP contribution in [-0.4, -0.2) is 45.3 Å². The molecule has 6 rings (SSSR count). The molecule has 13 heteroatoms. The molecule has 1 aliphatic rings. The van der Waals surface area contributed by atoms with E-state index in [1.54, 1.807) is 36.4 Å². The fourth-order valence-corrected chi connectivity index (χ4v) is 4.86. The van der Waals surface area contributed by atoms with Crippen molar-refractivity contribution >= 4 is 11.6 Å². The molecular formula is C24H22ClF2N10+. The predicted molar refractivity (Wildman–Crippen MR) is 128 cm³/mol. The summed E-state index contributed by atoms with van der Waals surface area (Å²) in [4.78, 5) is 4.71. The maximum Gasteiger partial charge on any atom is 0.293 e. The minimum Gasteiger partial charge on any atom is -0.263 e. The van der Waals surface area contributed by atoms with Crippen molar-refractivity contribution in [3.05, 3.63) is 71.7 Å². The van der Waals surface area contributed by atoms with E-state index >= 15 is 4.39 Å². The smallest absolute Gasteiger partial charge is 0.263 e. The van der Waals surface area contributed by atoms with E-state index in [1.807, 2.05) is 12.1 Å². The maximum atomic E-state index is 15.2. The van der Waals surface area contributed by atoms with E-state index < -0.39 is 11.8 Å². The van der Waals surface area contributed by atoms with Gasteiger partial charge in [0.05, 0.1) is 28.5 Å². The van der Waals surface area contributed by atoms with E-state index in [0.717, 1.165) is 18.5 Å². The average molecular weight is 524 g/mol. The number of pyridine rings is 1. The zero-order valence-electron chi connectivity index (χ0n) is 19.9. The molecule has 37 heavy (non-hydrogen) atoms. The molecule has 1 aliphatic carbocycles. The first-order chi connectivity index (χ1) is 17.9. The Labute approximate surface area is 214 Å². The summed E-state index contributed by atoms with van der Waals surface area (Å²) in [6.07, 6.45) is 8.41. The number of benzene rings is 1. The van der Waals surface area contributed by atoms with Crippen LogP contribution in [0.3, 0.4) is 0 Å². The standard InChI is InChI=1S/C24H21ClF2N10/c1-13-7-15(13)8-20(36-11-16(10-30-36)23-24(27)31-33-35(23)2)18-5-3-14(9-28-18)21-19(37-12-29-32-34-37)6-4-17(25)22(21)26/h3-6,9-13,15,20H,7-8H2,1-2H3/p+1/t13?,15?,20-/m0/s1. The highest BCUT2D eigenvalue weighted by molar-refractivity contribution is 6.31. The van der Waals surface area contributed by atoms with Crippen molar-refractivity contribution in [3.63, 3.8) is 0 Å². The Morgan fingerprint density at radius 2 is 2.03 bits per heavy atom. The third-order valence-electron chi connectivity index (χ3n) is 6.91. The molecular weight excluding hydrogens is 502 g/mol. The van der Waals surface area contributed by atoms with Gasteiger partial charge in [-0.1, -0.05) is 40.1 Å². The normalized spacial score (nSPS) is 17.8. The molecule has 188 valence electrons. The van der Waals surface area contributed by atoms with Crippen LogP contribution in [0.4, 0.5) is 8.78 Å². The van der Waals surface area contributed by atoms with Crippen molar-refractivity contribution in [2.24, 2.45) is 18.9 Å². The summed E-state index contributed by atoms with van der Waals surface area (Å²) in [6.45, 7) is 2.22. The Morgan fingerprint density at radius 1 is 1.19 bits per heavy atom. The lowest BCUT2D eigenvalue weighted by Gasteiger charge is -2.18. The Kier molecular flexibility index (Phi) is 5.75. The van der Waals surface area contributed by atoms with Crippen molar-refractivity contribution in [2.45, 2.75) is 25.8 Å². The molecule has 4 heterocycles. The Morgan fingerprint density at radius 3 is 2.68 bits per heavy atom. The van der Waals surface area contributed by atoms with Gasteiger partial charge in [0, 0.05) is 30.6 Å². The second-order valence-corrected chi connectivity index (χ2v) is 9.72. The van der Waals surface area contributed by atoms with E-state index in [-0.39, 0.29) is 22.3 Å². The van der Waals surface area contributed by atoms with Crippen LogP contribution in [0.15, 0.2) is 49.2 Å². The van der Waals surface area contributed by atoms with Gasteiger partial charge >= 0.3 is 0 Å². The van der Waals surface area contributed by atoms with Crippen molar-refractivity contribution < 1.29 is 13.5 Å². The number of tetrazole rings is 1.